The predicted molar refractivity (Wildman–Crippen MR) is 70.8 cm³/mol. The molecule has 1 aliphatic rings. The number of hydrogen-bond acceptors (Lipinski definition) is 3. The Morgan fingerprint density at radius 1 is 1.31 bits per heavy atom. The summed E-state index contributed by atoms with van der Waals surface area (Å²) in [4.78, 5) is 2.34. The van der Waals surface area contributed by atoms with Crippen molar-refractivity contribution in [2.75, 3.05) is 23.7 Å². The average Bonchev–Trinajstić information content (AvgIpc) is 2.15. The summed E-state index contributed by atoms with van der Waals surface area (Å²) in [5.74, 6) is 0. The normalized spacial score (nSPS) is 25.8. The highest BCUT2D eigenvalue weighted by Crippen LogP contribution is 2.30. The van der Waals surface area contributed by atoms with Crippen LogP contribution in [0.15, 0.2) is 22.7 Å². The second kappa shape index (κ2) is 4.63. The molecular formula is C12H17BrN2O. The fourth-order valence-corrected chi connectivity index (χ4v) is 2.80. The van der Waals surface area contributed by atoms with Crippen LogP contribution in [0.2, 0.25) is 0 Å². The van der Waals surface area contributed by atoms with Gasteiger partial charge in [-0.1, -0.05) is 0 Å². The molecule has 0 aromatic heterocycles. The minimum absolute atomic E-state index is 0.271. The van der Waals surface area contributed by atoms with E-state index in [0.717, 1.165) is 23.2 Å². The van der Waals surface area contributed by atoms with Gasteiger partial charge in [-0.05, 0) is 48.0 Å². The van der Waals surface area contributed by atoms with Gasteiger partial charge >= 0.3 is 0 Å². The third-order valence-corrected chi connectivity index (χ3v) is 3.37. The maximum absolute atomic E-state index is 5.74. The first-order valence-electron chi connectivity index (χ1n) is 5.51. The predicted octanol–water partition coefficient (Wildman–Crippen LogP) is 2.64. The third-order valence-electron chi connectivity index (χ3n) is 2.73. The monoisotopic (exact) mass is 284 g/mol. The summed E-state index contributed by atoms with van der Waals surface area (Å²) in [6.07, 6.45) is 0.543. The highest BCUT2D eigenvalue weighted by Gasteiger charge is 2.23. The molecule has 1 heterocycles. The highest BCUT2D eigenvalue weighted by molar-refractivity contribution is 9.10. The Morgan fingerprint density at radius 3 is 2.50 bits per heavy atom. The molecule has 0 unspecified atom stereocenters. The van der Waals surface area contributed by atoms with Crippen molar-refractivity contribution in [3.8, 4) is 0 Å². The number of rotatable bonds is 1. The van der Waals surface area contributed by atoms with Crippen LogP contribution in [0.1, 0.15) is 13.8 Å². The zero-order chi connectivity index (χ0) is 11.7. The molecule has 0 saturated carbocycles. The number of halogens is 1. The van der Waals surface area contributed by atoms with Crippen LogP contribution in [0.4, 0.5) is 11.4 Å². The summed E-state index contributed by atoms with van der Waals surface area (Å²) in [6, 6.07) is 5.94. The number of nitrogens with two attached hydrogens (primary N) is 1. The molecule has 1 fully saturated rings. The van der Waals surface area contributed by atoms with E-state index in [2.05, 4.69) is 40.7 Å². The molecule has 88 valence electrons. The molecule has 2 N–H and O–H groups in total. The summed E-state index contributed by atoms with van der Waals surface area (Å²) in [7, 11) is 0. The Hall–Kier alpha value is -0.740. The van der Waals surface area contributed by atoms with Crippen LogP contribution in [-0.2, 0) is 4.74 Å². The summed E-state index contributed by atoms with van der Waals surface area (Å²) in [6.45, 7) is 6.06. The summed E-state index contributed by atoms with van der Waals surface area (Å²) in [5, 5.41) is 0. The lowest BCUT2D eigenvalue weighted by atomic mass is 10.2. The minimum Gasteiger partial charge on any atom is -0.399 e. The topological polar surface area (TPSA) is 38.5 Å². The van der Waals surface area contributed by atoms with Crippen LogP contribution in [0.25, 0.3) is 0 Å². The molecule has 0 spiro atoms. The summed E-state index contributed by atoms with van der Waals surface area (Å²) in [5.41, 5.74) is 7.71. The molecule has 1 saturated heterocycles. The van der Waals surface area contributed by atoms with E-state index >= 15 is 0 Å². The standard InChI is InChI=1S/C12H17BrN2O/c1-8-6-15(7-9(2)16-8)12-4-3-10(14)5-11(12)13/h3-5,8-9H,6-7,14H2,1-2H3/t8-,9+. The molecule has 16 heavy (non-hydrogen) atoms. The van der Waals surface area contributed by atoms with Crippen molar-refractivity contribution in [1.29, 1.82) is 0 Å². The highest BCUT2D eigenvalue weighted by atomic mass is 79.9. The molecule has 1 aromatic rings. The fourth-order valence-electron chi connectivity index (χ4n) is 2.15. The van der Waals surface area contributed by atoms with Crippen molar-refractivity contribution in [3.05, 3.63) is 22.7 Å². The van der Waals surface area contributed by atoms with Crippen molar-refractivity contribution in [2.24, 2.45) is 0 Å². The Labute approximate surface area is 105 Å². The maximum Gasteiger partial charge on any atom is 0.0726 e. The van der Waals surface area contributed by atoms with E-state index in [9.17, 15) is 0 Å². The van der Waals surface area contributed by atoms with Gasteiger partial charge in [0.25, 0.3) is 0 Å². The van der Waals surface area contributed by atoms with E-state index < -0.39 is 0 Å². The van der Waals surface area contributed by atoms with Gasteiger partial charge in [-0.25, -0.2) is 0 Å². The van der Waals surface area contributed by atoms with Gasteiger partial charge in [0.15, 0.2) is 0 Å². The fraction of sp³-hybridized carbons (Fsp3) is 0.500. The SMILES string of the molecule is C[C@@H]1CN(c2ccc(N)cc2Br)C[C@H](C)O1. The lowest BCUT2D eigenvalue weighted by Gasteiger charge is -2.37. The molecule has 3 nitrogen and oxygen atoms in total. The van der Waals surface area contributed by atoms with Gasteiger partial charge in [0.05, 0.1) is 17.9 Å². The van der Waals surface area contributed by atoms with E-state index in [0.29, 0.717) is 0 Å². The summed E-state index contributed by atoms with van der Waals surface area (Å²) < 4.78 is 6.77. The smallest absolute Gasteiger partial charge is 0.0726 e. The molecule has 1 aliphatic heterocycles. The van der Waals surface area contributed by atoms with Crippen LogP contribution in [-0.4, -0.2) is 25.3 Å². The maximum atomic E-state index is 5.74. The first-order valence-corrected chi connectivity index (χ1v) is 6.31. The molecule has 1 aromatic carbocycles. The molecule has 0 aliphatic carbocycles. The lowest BCUT2D eigenvalue weighted by molar-refractivity contribution is -0.00525. The van der Waals surface area contributed by atoms with Gasteiger partial charge in [0, 0.05) is 23.2 Å². The molecule has 0 amide bonds. The second-order valence-electron chi connectivity index (χ2n) is 4.37. The van der Waals surface area contributed by atoms with E-state index in [1.807, 2.05) is 12.1 Å². The number of nitrogens with zero attached hydrogens (tertiary/aromatic N) is 1. The van der Waals surface area contributed by atoms with Gasteiger partial charge in [0.2, 0.25) is 0 Å². The van der Waals surface area contributed by atoms with Crippen LogP contribution >= 0.6 is 15.9 Å². The second-order valence-corrected chi connectivity index (χ2v) is 5.23. The third kappa shape index (κ3) is 2.50. The van der Waals surface area contributed by atoms with E-state index in [-0.39, 0.29) is 12.2 Å². The van der Waals surface area contributed by atoms with Crippen molar-refractivity contribution in [1.82, 2.24) is 0 Å². The van der Waals surface area contributed by atoms with Crippen molar-refractivity contribution in [2.45, 2.75) is 26.1 Å². The zero-order valence-corrected chi connectivity index (χ0v) is 11.2. The van der Waals surface area contributed by atoms with E-state index in [4.69, 9.17) is 10.5 Å². The Kier molecular flexibility index (Phi) is 3.40. The first-order chi connectivity index (χ1) is 7.56. The molecule has 2 rings (SSSR count). The van der Waals surface area contributed by atoms with E-state index in [1.54, 1.807) is 0 Å². The summed E-state index contributed by atoms with van der Waals surface area (Å²) >= 11 is 3.56. The van der Waals surface area contributed by atoms with Crippen LogP contribution in [0, 0.1) is 0 Å². The van der Waals surface area contributed by atoms with Crippen LogP contribution < -0.4 is 10.6 Å². The minimum atomic E-state index is 0.271. The van der Waals surface area contributed by atoms with Gasteiger partial charge in [-0.2, -0.15) is 0 Å². The molecular weight excluding hydrogens is 268 g/mol. The Balaban J connectivity index is 2.23. The Bertz CT molecular complexity index is 373. The number of morpholine rings is 1. The lowest BCUT2D eigenvalue weighted by Crippen LogP contribution is -2.45. The average molecular weight is 285 g/mol. The van der Waals surface area contributed by atoms with Crippen molar-refractivity contribution >= 4 is 27.3 Å². The molecule has 0 radical (unpaired) electrons. The van der Waals surface area contributed by atoms with Gasteiger partial charge < -0.3 is 15.4 Å². The van der Waals surface area contributed by atoms with Crippen LogP contribution in [0.5, 0.6) is 0 Å². The van der Waals surface area contributed by atoms with Crippen molar-refractivity contribution in [3.63, 3.8) is 0 Å². The van der Waals surface area contributed by atoms with Gasteiger partial charge in [0.1, 0.15) is 0 Å². The molecule has 4 heteroatoms. The van der Waals surface area contributed by atoms with Gasteiger partial charge in [-0.15, -0.1) is 0 Å². The van der Waals surface area contributed by atoms with Gasteiger partial charge in [-0.3, -0.25) is 0 Å². The quantitative estimate of drug-likeness (QED) is 0.806. The number of nitrogen functional groups attached to an aromatic ring is 1. The van der Waals surface area contributed by atoms with Crippen molar-refractivity contribution < 1.29 is 4.74 Å². The number of benzene rings is 1. The number of ether oxygens (including phenoxy) is 1. The molecule has 0 bridgehead atoms. The van der Waals surface area contributed by atoms with E-state index in [1.165, 1.54) is 5.69 Å². The Morgan fingerprint density at radius 2 is 1.94 bits per heavy atom. The van der Waals surface area contributed by atoms with Crippen LogP contribution in [0.3, 0.4) is 0 Å². The molecule has 2 atom stereocenters. The zero-order valence-electron chi connectivity index (χ0n) is 9.61. The number of anilines is 2. The largest absolute Gasteiger partial charge is 0.399 e. The number of hydrogen-bond donors (Lipinski definition) is 1. The first kappa shape index (κ1) is 11.7.